The Kier molecular flexibility index (Phi) is 5.20. The summed E-state index contributed by atoms with van der Waals surface area (Å²) in [7, 11) is 0. The molecule has 2 aliphatic heterocycles. The molecular formula is C17H25N3O2S. The summed E-state index contributed by atoms with van der Waals surface area (Å²) in [6.07, 6.45) is 3.61. The molecule has 1 fully saturated rings. The number of piperidine rings is 1. The average molecular weight is 335 g/mol. The van der Waals surface area contributed by atoms with E-state index in [1.165, 1.54) is 16.9 Å². The summed E-state index contributed by atoms with van der Waals surface area (Å²) in [5.41, 5.74) is 1.28. The summed E-state index contributed by atoms with van der Waals surface area (Å²) in [6.45, 7) is 5.77. The molecule has 126 valence electrons. The molecule has 1 aromatic rings. The first-order chi connectivity index (χ1) is 11.1. The van der Waals surface area contributed by atoms with Crippen molar-refractivity contribution in [3.8, 4) is 0 Å². The first-order valence-corrected chi connectivity index (χ1v) is 9.37. The number of carbonyl (C=O) groups is 2. The number of hydrogen-bond acceptors (Lipinski definition) is 3. The van der Waals surface area contributed by atoms with E-state index in [2.05, 4.69) is 23.7 Å². The molecule has 0 aliphatic carbocycles. The third-order valence-electron chi connectivity index (χ3n) is 4.72. The van der Waals surface area contributed by atoms with Crippen molar-refractivity contribution in [2.75, 3.05) is 26.2 Å². The van der Waals surface area contributed by atoms with Crippen molar-refractivity contribution in [3.05, 3.63) is 21.9 Å². The number of thiophene rings is 1. The minimum Gasteiger partial charge on any atom is -0.338 e. The molecule has 2 aliphatic rings. The van der Waals surface area contributed by atoms with Crippen molar-refractivity contribution in [2.24, 2.45) is 5.92 Å². The van der Waals surface area contributed by atoms with Gasteiger partial charge in [-0.1, -0.05) is 6.92 Å². The molecular weight excluding hydrogens is 310 g/mol. The topological polar surface area (TPSA) is 52.7 Å². The Morgan fingerprint density at radius 2 is 2.22 bits per heavy atom. The number of fused-ring (bicyclic) bond motifs is 1. The van der Waals surface area contributed by atoms with Crippen molar-refractivity contribution in [3.63, 3.8) is 0 Å². The van der Waals surface area contributed by atoms with Gasteiger partial charge in [-0.05, 0) is 42.2 Å². The van der Waals surface area contributed by atoms with E-state index in [0.717, 1.165) is 39.0 Å². The lowest BCUT2D eigenvalue weighted by atomic mass is 10.0. The Labute approximate surface area is 141 Å². The molecule has 5 nitrogen and oxygen atoms in total. The van der Waals surface area contributed by atoms with Gasteiger partial charge >= 0.3 is 6.03 Å². The van der Waals surface area contributed by atoms with E-state index in [4.69, 9.17) is 0 Å². The van der Waals surface area contributed by atoms with Crippen molar-refractivity contribution in [1.82, 2.24) is 15.1 Å². The highest BCUT2D eigenvalue weighted by molar-refractivity contribution is 7.10. The quantitative estimate of drug-likeness (QED) is 0.922. The van der Waals surface area contributed by atoms with Gasteiger partial charge in [0.05, 0.1) is 0 Å². The standard InChI is InChI=1S/C17H25N3O2S/c1-13-3-2-8-20(11-13)17(22)18-7-4-16(21)19-9-5-15-14(12-19)6-10-23-15/h6,10,13H,2-5,7-9,11-12H2,1H3,(H,18,22). The highest BCUT2D eigenvalue weighted by atomic mass is 32.1. The van der Waals surface area contributed by atoms with Gasteiger partial charge in [-0.15, -0.1) is 11.3 Å². The molecule has 0 radical (unpaired) electrons. The van der Waals surface area contributed by atoms with Crippen LogP contribution in [-0.2, 0) is 17.8 Å². The van der Waals surface area contributed by atoms with E-state index < -0.39 is 0 Å². The van der Waals surface area contributed by atoms with E-state index in [1.807, 2.05) is 9.80 Å². The summed E-state index contributed by atoms with van der Waals surface area (Å²) in [4.78, 5) is 29.6. The number of hydrogen-bond donors (Lipinski definition) is 1. The lowest BCUT2D eigenvalue weighted by molar-refractivity contribution is -0.131. The molecule has 1 saturated heterocycles. The lowest BCUT2D eigenvalue weighted by Crippen LogP contribution is -2.46. The number of amides is 3. The monoisotopic (exact) mass is 335 g/mol. The van der Waals surface area contributed by atoms with Crippen LogP contribution < -0.4 is 5.32 Å². The van der Waals surface area contributed by atoms with Crippen LogP contribution in [0.2, 0.25) is 0 Å². The van der Waals surface area contributed by atoms with Crippen molar-refractivity contribution >= 4 is 23.3 Å². The lowest BCUT2D eigenvalue weighted by Gasteiger charge is -2.31. The fourth-order valence-electron chi connectivity index (χ4n) is 3.38. The van der Waals surface area contributed by atoms with Crippen molar-refractivity contribution in [1.29, 1.82) is 0 Å². The summed E-state index contributed by atoms with van der Waals surface area (Å²) in [5.74, 6) is 0.707. The highest BCUT2D eigenvalue weighted by Gasteiger charge is 2.23. The smallest absolute Gasteiger partial charge is 0.317 e. The maximum absolute atomic E-state index is 12.3. The number of nitrogens with zero attached hydrogens (tertiary/aromatic N) is 2. The molecule has 3 rings (SSSR count). The number of nitrogens with one attached hydrogen (secondary N) is 1. The van der Waals surface area contributed by atoms with Gasteiger partial charge in [0, 0.05) is 44.0 Å². The molecule has 3 amide bonds. The molecule has 23 heavy (non-hydrogen) atoms. The molecule has 1 unspecified atom stereocenters. The summed E-state index contributed by atoms with van der Waals surface area (Å²) >= 11 is 1.78. The molecule has 0 aromatic carbocycles. The average Bonchev–Trinajstić information content (AvgIpc) is 3.02. The number of rotatable bonds is 3. The Morgan fingerprint density at radius 1 is 1.35 bits per heavy atom. The predicted octanol–water partition coefficient (Wildman–Crippen LogP) is 2.46. The second-order valence-electron chi connectivity index (χ2n) is 6.61. The number of urea groups is 1. The fraction of sp³-hybridized carbons (Fsp3) is 0.647. The van der Waals surface area contributed by atoms with Crippen LogP contribution in [0, 0.1) is 5.92 Å². The molecule has 0 saturated carbocycles. The molecule has 1 N–H and O–H groups in total. The second kappa shape index (κ2) is 7.34. The van der Waals surface area contributed by atoms with Gasteiger partial charge in [-0.25, -0.2) is 4.79 Å². The van der Waals surface area contributed by atoms with Crippen LogP contribution in [0.1, 0.15) is 36.6 Å². The third kappa shape index (κ3) is 4.05. The zero-order chi connectivity index (χ0) is 16.2. The predicted molar refractivity (Wildman–Crippen MR) is 91.4 cm³/mol. The van der Waals surface area contributed by atoms with E-state index in [-0.39, 0.29) is 11.9 Å². The molecule has 6 heteroatoms. The maximum Gasteiger partial charge on any atom is 0.317 e. The molecule has 1 atom stereocenters. The normalized spacial score (nSPS) is 21.0. The zero-order valence-electron chi connectivity index (χ0n) is 13.7. The van der Waals surface area contributed by atoms with Crippen molar-refractivity contribution in [2.45, 2.75) is 39.2 Å². The van der Waals surface area contributed by atoms with Crippen LogP contribution in [0.4, 0.5) is 4.79 Å². The first-order valence-electron chi connectivity index (χ1n) is 8.49. The molecule has 3 heterocycles. The van der Waals surface area contributed by atoms with Crippen LogP contribution in [0.15, 0.2) is 11.4 Å². The minimum atomic E-state index is -0.0249. The number of carbonyl (C=O) groups excluding carboxylic acids is 2. The first kappa shape index (κ1) is 16.3. The molecule has 0 bridgehead atoms. The van der Waals surface area contributed by atoms with E-state index in [9.17, 15) is 9.59 Å². The van der Waals surface area contributed by atoms with Gasteiger partial charge in [-0.3, -0.25) is 4.79 Å². The SMILES string of the molecule is CC1CCCN(C(=O)NCCC(=O)N2CCc3sccc3C2)C1. The third-order valence-corrected chi connectivity index (χ3v) is 5.74. The summed E-state index contributed by atoms with van der Waals surface area (Å²) in [5, 5.41) is 4.99. The van der Waals surface area contributed by atoms with Crippen LogP contribution in [0.5, 0.6) is 0 Å². The molecule has 0 spiro atoms. The van der Waals surface area contributed by atoms with Gasteiger partial charge in [0.2, 0.25) is 5.91 Å². The Morgan fingerprint density at radius 3 is 3.04 bits per heavy atom. The van der Waals surface area contributed by atoms with E-state index in [0.29, 0.717) is 18.9 Å². The van der Waals surface area contributed by atoms with Gasteiger partial charge in [0.25, 0.3) is 0 Å². The van der Waals surface area contributed by atoms with Crippen LogP contribution >= 0.6 is 11.3 Å². The van der Waals surface area contributed by atoms with Crippen LogP contribution in [0.3, 0.4) is 0 Å². The maximum atomic E-state index is 12.3. The second-order valence-corrected chi connectivity index (χ2v) is 7.61. The summed E-state index contributed by atoms with van der Waals surface area (Å²) < 4.78 is 0. The minimum absolute atomic E-state index is 0.0249. The largest absolute Gasteiger partial charge is 0.338 e. The molecule has 1 aromatic heterocycles. The van der Waals surface area contributed by atoms with Crippen LogP contribution in [0.25, 0.3) is 0 Å². The van der Waals surface area contributed by atoms with E-state index >= 15 is 0 Å². The van der Waals surface area contributed by atoms with Gasteiger partial charge in [0.15, 0.2) is 0 Å². The fourth-order valence-corrected chi connectivity index (χ4v) is 4.27. The Bertz CT molecular complexity index is 572. The highest BCUT2D eigenvalue weighted by Crippen LogP contribution is 2.24. The van der Waals surface area contributed by atoms with Gasteiger partial charge in [0.1, 0.15) is 0 Å². The van der Waals surface area contributed by atoms with Gasteiger partial charge in [-0.2, -0.15) is 0 Å². The summed E-state index contributed by atoms with van der Waals surface area (Å²) in [6, 6.07) is 2.08. The van der Waals surface area contributed by atoms with E-state index in [1.54, 1.807) is 11.3 Å². The Hall–Kier alpha value is -1.56. The van der Waals surface area contributed by atoms with Gasteiger partial charge < -0.3 is 15.1 Å². The van der Waals surface area contributed by atoms with Crippen LogP contribution in [-0.4, -0.2) is 47.9 Å². The number of likely N-dealkylation sites (tertiary alicyclic amines) is 1. The Balaban J connectivity index is 1.40. The zero-order valence-corrected chi connectivity index (χ0v) is 14.5. The van der Waals surface area contributed by atoms with Crippen molar-refractivity contribution < 1.29 is 9.59 Å².